The first kappa shape index (κ1) is 15.5. The summed E-state index contributed by atoms with van der Waals surface area (Å²) in [4.78, 5) is 25.7. The molecule has 114 valence electrons. The van der Waals surface area contributed by atoms with E-state index >= 15 is 0 Å². The van der Waals surface area contributed by atoms with Crippen LogP contribution in [0.5, 0.6) is 0 Å². The predicted molar refractivity (Wildman–Crippen MR) is 81.8 cm³/mol. The van der Waals surface area contributed by atoms with Crippen LogP contribution in [0, 0.1) is 34.6 Å². The lowest BCUT2D eigenvalue weighted by Crippen LogP contribution is -2.41. The Morgan fingerprint density at radius 3 is 1.90 bits per heavy atom. The summed E-state index contributed by atoms with van der Waals surface area (Å²) in [5, 5.41) is 9.28. The Balaban J connectivity index is 2.52. The Morgan fingerprint density at radius 1 is 0.952 bits per heavy atom. The lowest BCUT2D eigenvalue weighted by Gasteiger charge is -2.25. The minimum Gasteiger partial charge on any atom is -0.480 e. The lowest BCUT2D eigenvalue weighted by molar-refractivity contribution is -0.141. The summed E-state index contributed by atoms with van der Waals surface area (Å²) in [6.07, 6.45) is 1.30. The smallest absolute Gasteiger partial charge is 0.326 e. The molecule has 1 aliphatic heterocycles. The molecule has 0 aliphatic carbocycles. The van der Waals surface area contributed by atoms with Gasteiger partial charge in [-0.3, -0.25) is 4.79 Å². The van der Waals surface area contributed by atoms with Gasteiger partial charge in [-0.15, -0.1) is 0 Å². The summed E-state index contributed by atoms with van der Waals surface area (Å²) >= 11 is 0. The molecule has 1 saturated heterocycles. The summed E-state index contributed by atoms with van der Waals surface area (Å²) in [5.74, 6) is -1.04. The zero-order valence-corrected chi connectivity index (χ0v) is 13.4. The molecule has 4 heteroatoms. The topological polar surface area (TPSA) is 57.6 Å². The number of amides is 1. The molecule has 1 aromatic rings. The fourth-order valence-corrected chi connectivity index (χ4v) is 3.23. The van der Waals surface area contributed by atoms with Crippen molar-refractivity contribution in [2.45, 2.75) is 53.5 Å². The molecule has 1 aromatic carbocycles. The van der Waals surface area contributed by atoms with E-state index in [0.29, 0.717) is 18.5 Å². The second-order valence-corrected chi connectivity index (χ2v) is 5.99. The van der Waals surface area contributed by atoms with Crippen LogP contribution in [-0.4, -0.2) is 34.5 Å². The van der Waals surface area contributed by atoms with Crippen molar-refractivity contribution in [1.82, 2.24) is 4.90 Å². The van der Waals surface area contributed by atoms with Gasteiger partial charge in [-0.2, -0.15) is 0 Å². The first-order valence-corrected chi connectivity index (χ1v) is 7.38. The van der Waals surface area contributed by atoms with E-state index in [1.54, 1.807) is 0 Å². The van der Waals surface area contributed by atoms with Crippen LogP contribution in [0.4, 0.5) is 0 Å². The maximum atomic E-state index is 12.9. The van der Waals surface area contributed by atoms with Gasteiger partial charge in [0, 0.05) is 12.1 Å². The first-order valence-electron chi connectivity index (χ1n) is 7.38. The Hall–Kier alpha value is -1.84. The maximum Gasteiger partial charge on any atom is 0.326 e. The van der Waals surface area contributed by atoms with Gasteiger partial charge in [0.1, 0.15) is 6.04 Å². The molecule has 0 bridgehead atoms. The van der Waals surface area contributed by atoms with Crippen LogP contribution in [0.1, 0.15) is 51.0 Å². The van der Waals surface area contributed by atoms with Gasteiger partial charge in [-0.1, -0.05) is 0 Å². The third-order valence-electron chi connectivity index (χ3n) is 5.01. The number of benzene rings is 1. The average molecular weight is 289 g/mol. The number of nitrogens with zero attached hydrogens (tertiary/aromatic N) is 1. The van der Waals surface area contributed by atoms with Crippen LogP contribution in [0.25, 0.3) is 0 Å². The van der Waals surface area contributed by atoms with E-state index in [0.717, 1.165) is 28.7 Å². The highest BCUT2D eigenvalue weighted by Gasteiger charge is 2.35. The number of carboxylic acid groups (broad SMARTS) is 1. The first-order chi connectivity index (χ1) is 9.77. The molecular formula is C17H23NO3. The quantitative estimate of drug-likeness (QED) is 0.910. The molecule has 0 saturated carbocycles. The van der Waals surface area contributed by atoms with Crippen molar-refractivity contribution in [2.75, 3.05) is 6.54 Å². The van der Waals surface area contributed by atoms with Gasteiger partial charge < -0.3 is 10.0 Å². The van der Waals surface area contributed by atoms with E-state index < -0.39 is 12.0 Å². The monoisotopic (exact) mass is 289 g/mol. The van der Waals surface area contributed by atoms with Crippen molar-refractivity contribution in [1.29, 1.82) is 0 Å². The van der Waals surface area contributed by atoms with Gasteiger partial charge in [-0.25, -0.2) is 4.79 Å². The highest BCUT2D eigenvalue weighted by atomic mass is 16.4. The second-order valence-electron chi connectivity index (χ2n) is 5.99. The zero-order chi connectivity index (χ0) is 15.9. The third-order valence-corrected chi connectivity index (χ3v) is 5.01. The summed E-state index contributed by atoms with van der Waals surface area (Å²) in [6, 6.07) is -0.682. The normalized spacial score (nSPS) is 18.1. The molecule has 21 heavy (non-hydrogen) atoms. The molecule has 1 N–H and O–H groups in total. The van der Waals surface area contributed by atoms with Gasteiger partial charge in [0.15, 0.2) is 0 Å². The van der Waals surface area contributed by atoms with Crippen molar-refractivity contribution in [3.63, 3.8) is 0 Å². The summed E-state index contributed by atoms with van der Waals surface area (Å²) < 4.78 is 0. The minimum absolute atomic E-state index is 0.138. The van der Waals surface area contributed by atoms with Crippen LogP contribution < -0.4 is 0 Å². The van der Waals surface area contributed by atoms with Gasteiger partial charge in [0.25, 0.3) is 5.91 Å². The van der Waals surface area contributed by atoms with Crippen LogP contribution in [0.2, 0.25) is 0 Å². The van der Waals surface area contributed by atoms with Gasteiger partial charge in [-0.05, 0) is 75.3 Å². The van der Waals surface area contributed by atoms with E-state index in [4.69, 9.17) is 0 Å². The molecule has 1 heterocycles. The van der Waals surface area contributed by atoms with Crippen molar-refractivity contribution >= 4 is 11.9 Å². The van der Waals surface area contributed by atoms with Crippen LogP contribution in [0.3, 0.4) is 0 Å². The van der Waals surface area contributed by atoms with E-state index in [1.807, 2.05) is 27.7 Å². The van der Waals surface area contributed by atoms with E-state index in [2.05, 4.69) is 6.92 Å². The molecule has 1 amide bonds. The van der Waals surface area contributed by atoms with Gasteiger partial charge >= 0.3 is 5.97 Å². The highest BCUT2D eigenvalue weighted by molar-refractivity contribution is 6.00. The zero-order valence-electron chi connectivity index (χ0n) is 13.4. The number of carboxylic acids is 1. The number of hydrogen-bond donors (Lipinski definition) is 1. The van der Waals surface area contributed by atoms with E-state index in [1.165, 1.54) is 10.5 Å². The molecule has 1 fully saturated rings. The summed E-state index contributed by atoms with van der Waals surface area (Å²) in [6.45, 7) is 10.5. The predicted octanol–water partition coefficient (Wildman–Crippen LogP) is 2.92. The van der Waals surface area contributed by atoms with Crippen LogP contribution in [-0.2, 0) is 4.79 Å². The van der Waals surface area contributed by atoms with Gasteiger partial charge in [0.05, 0.1) is 0 Å². The number of carbonyl (C=O) groups is 2. The number of rotatable bonds is 2. The molecule has 2 rings (SSSR count). The molecule has 0 aromatic heterocycles. The van der Waals surface area contributed by atoms with Crippen LogP contribution >= 0.6 is 0 Å². The number of hydrogen-bond acceptors (Lipinski definition) is 2. The van der Waals surface area contributed by atoms with Crippen molar-refractivity contribution in [2.24, 2.45) is 0 Å². The van der Waals surface area contributed by atoms with Crippen molar-refractivity contribution in [3.8, 4) is 0 Å². The Labute approximate surface area is 125 Å². The SMILES string of the molecule is Cc1c(C)c(C)c(C(=O)N2CCC[C@@H]2C(=O)O)c(C)c1C. The molecular weight excluding hydrogens is 266 g/mol. The maximum absolute atomic E-state index is 12.9. The van der Waals surface area contributed by atoms with E-state index in [9.17, 15) is 14.7 Å². The number of aliphatic carboxylic acids is 1. The van der Waals surface area contributed by atoms with Crippen molar-refractivity contribution < 1.29 is 14.7 Å². The van der Waals surface area contributed by atoms with Gasteiger partial charge in [0.2, 0.25) is 0 Å². The Kier molecular flexibility index (Phi) is 4.08. The molecule has 1 atom stereocenters. The fourth-order valence-electron chi connectivity index (χ4n) is 3.23. The summed E-state index contributed by atoms with van der Waals surface area (Å²) in [5.41, 5.74) is 6.06. The number of likely N-dealkylation sites (tertiary alicyclic amines) is 1. The second kappa shape index (κ2) is 5.51. The van der Waals surface area contributed by atoms with Crippen LogP contribution in [0.15, 0.2) is 0 Å². The largest absolute Gasteiger partial charge is 0.480 e. The summed E-state index contributed by atoms with van der Waals surface area (Å²) in [7, 11) is 0. The Morgan fingerprint density at radius 2 is 1.43 bits per heavy atom. The number of carbonyl (C=O) groups excluding carboxylic acids is 1. The lowest BCUT2D eigenvalue weighted by atomic mass is 9.89. The molecule has 0 radical (unpaired) electrons. The third kappa shape index (κ3) is 2.43. The fraction of sp³-hybridized carbons (Fsp3) is 0.529. The average Bonchev–Trinajstić information content (AvgIpc) is 2.92. The highest BCUT2D eigenvalue weighted by Crippen LogP contribution is 2.29. The Bertz CT molecular complexity index is 590. The van der Waals surface area contributed by atoms with Crippen molar-refractivity contribution in [3.05, 3.63) is 33.4 Å². The molecule has 4 nitrogen and oxygen atoms in total. The minimum atomic E-state index is -0.906. The van der Waals surface area contributed by atoms with E-state index in [-0.39, 0.29) is 5.91 Å². The molecule has 1 aliphatic rings. The standard InChI is InChI=1S/C17H23NO3/c1-9-10(2)12(4)15(13(5)11(9)3)16(19)18-8-6-7-14(18)17(20)21/h14H,6-8H2,1-5H3,(H,20,21)/t14-/m1/s1. The molecule has 0 unspecified atom stereocenters. The molecule has 0 spiro atoms.